The van der Waals surface area contributed by atoms with E-state index in [0.717, 1.165) is 60.8 Å². The number of ether oxygens (including phenoxy) is 1. The number of hydrogen-bond acceptors (Lipinski definition) is 7. The summed E-state index contributed by atoms with van der Waals surface area (Å²) in [6, 6.07) is 7.79. The van der Waals surface area contributed by atoms with Gasteiger partial charge in [-0.25, -0.2) is 9.97 Å². The Kier molecular flexibility index (Phi) is 5.05. The fourth-order valence-corrected chi connectivity index (χ4v) is 4.93. The van der Waals surface area contributed by atoms with Crippen LogP contribution in [0.5, 0.6) is 0 Å². The highest BCUT2D eigenvalue weighted by Crippen LogP contribution is 2.31. The number of rotatable bonds is 4. The molecule has 1 aromatic carbocycles. The maximum Gasteiger partial charge on any atom is 0.137 e. The summed E-state index contributed by atoms with van der Waals surface area (Å²) in [5.41, 5.74) is 7.66. The summed E-state index contributed by atoms with van der Waals surface area (Å²) in [5.74, 6) is 0.914. The van der Waals surface area contributed by atoms with Crippen LogP contribution in [0.25, 0.3) is 10.9 Å². The summed E-state index contributed by atoms with van der Waals surface area (Å²) in [4.78, 5) is 14.1. The van der Waals surface area contributed by atoms with Gasteiger partial charge in [-0.15, -0.1) is 0 Å². The molecule has 0 amide bonds. The topological polar surface area (TPSA) is 79.5 Å². The van der Waals surface area contributed by atoms with Gasteiger partial charge in [0.15, 0.2) is 0 Å². The van der Waals surface area contributed by atoms with Crippen molar-refractivity contribution in [1.29, 1.82) is 0 Å². The summed E-state index contributed by atoms with van der Waals surface area (Å²) >= 11 is 0. The second-order valence-corrected chi connectivity index (χ2v) is 8.40. The Hall–Kier alpha value is -1.96. The first kappa shape index (κ1) is 18.1. The predicted molar refractivity (Wildman–Crippen MR) is 111 cm³/mol. The van der Waals surface area contributed by atoms with Crippen molar-refractivity contribution in [2.45, 2.75) is 43.8 Å². The van der Waals surface area contributed by atoms with E-state index in [1.807, 2.05) is 18.2 Å². The SMILES string of the molecule is Nc1ccc2ncnc(NC3CCC(N4CC(N5CCOCC5)C4)CC3)c2c1. The van der Waals surface area contributed by atoms with Crippen molar-refractivity contribution >= 4 is 22.4 Å². The maximum absolute atomic E-state index is 5.96. The number of aromatic nitrogens is 2. The molecule has 2 aliphatic heterocycles. The third-order valence-corrected chi connectivity index (χ3v) is 6.67. The Morgan fingerprint density at radius 2 is 1.75 bits per heavy atom. The Morgan fingerprint density at radius 3 is 2.54 bits per heavy atom. The number of likely N-dealkylation sites (tertiary alicyclic amines) is 1. The molecule has 0 radical (unpaired) electrons. The molecule has 7 heteroatoms. The Labute approximate surface area is 166 Å². The summed E-state index contributed by atoms with van der Waals surface area (Å²) in [6.45, 7) is 6.48. The highest BCUT2D eigenvalue weighted by Gasteiger charge is 2.37. The van der Waals surface area contributed by atoms with E-state index in [9.17, 15) is 0 Å². The lowest BCUT2D eigenvalue weighted by atomic mass is 9.87. The average Bonchev–Trinajstić information content (AvgIpc) is 2.69. The zero-order valence-corrected chi connectivity index (χ0v) is 16.4. The monoisotopic (exact) mass is 382 g/mol. The molecule has 3 fully saturated rings. The second kappa shape index (κ2) is 7.81. The predicted octanol–water partition coefficient (Wildman–Crippen LogP) is 1.95. The van der Waals surface area contributed by atoms with Crippen LogP contribution in [0.2, 0.25) is 0 Å². The van der Waals surface area contributed by atoms with Gasteiger partial charge in [0, 0.05) is 55.4 Å². The zero-order valence-electron chi connectivity index (χ0n) is 16.4. The van der Waals surface area contributed by atoms with Crippen molar-refractivity contribution in [3.63, 3.8) is 0 Å². The lowest BCUT2D eigenvalue weighted by Crippen LogP contribution is -2.64. The van der Waals surface area contributed by atoms with Gasteiger partial charge >= 0.3 is 0 Å². The molecule has 2 aromatic rings. The quantitative estimate of drug-likeness (QED) is 0.783. The molecule has 0 atom stereocenters. The molecule has 7 nitrogen and oxygen atoms in total. The van der Waals surface area contributed by atoms with Crippen LogP contribution < -0.4 is 11.1 Å². The molecule has 3 N–H and O–H groups in total. The number of nitrogen functional groups attached to an aromatic ring is 1. The lowest BCUT2D eigenvalue weighted by molar-refractivity contribution is -0.0501. The van der Waals surface area contributed by atoms with Crippen molar-refractivity contribution in [1.82, 2.24) is 19.8 Å². The Morgan fingerprint density at radius 1 is 0.964 bits per heavy atom. The van der Waals surface area contributed by atoms with Crippen LogP contribution >= 0.6 is 0 Å². The number of anilines is 2. The molecule has 28 heavy (non-hydrogen) atoms. The molecule has 1 saturated carbocycles. The van der Waals surface area contributed by atoms with Crippen LogP contribution in [0.1, 0.15) is 25.7 Å². The average molecular weight is 383 g/mol. The molecule has 3 heterocycles. The van der Waals surface area contributed by atoms with Crippen LogP contribution in [0.15, 0.2) is 24.5 Å². The fourth-order valence-electron chi connectivity index (χ4n) is 4.93. The molecular weight excluding hydrogens is 352 g/mol. The summed E-state index contributed by atoms with van der Waals surface area (Å²) in [6.07, 6.45) is 6.55. The number of nitrogens with two attached hydrogens (primary N) is 1. The van der Waals surface area contributed by atoms with Crippen LogP contribution in [-0.4, -0.2) is 77.3 Å². The summed E-state index contributed by atoms with van der Waals surface area (Å²) in [7, 11) is 0. The van der Waals surface area contributed by atoms with Crippen molar-refractivity contribution in [3.8, 4) is 0 Å². The zero-order chi connectivity index (χ0) is 18.9. The van der Waals surface area contributed by atoms with E-state index in [0.29, 0.717) is 6.04 Å². The van der Waals surface area contributed by atoms with Crippen molar-refractivity contribution in [2.75, 3.05) is 50.4 Å². The minimum Gasteiger partial charge on any atom is -0.399 e. The van der Waals surface area contributed by atoms with Crippen LogP contribution in [0, 0.1) is 0 Å². The molecular formula is C21H30N6O. The Balaban J connectivity index is 1.14. The molecule has 1 aliphatic carbocycles. The Bertz CT molecular complexity index is 810. The van der Waals surface area contributed by atoms with Gasteiger partial charge in [0.1, 0.15) is 12.1 Å². The molecule has 1 aromatic heterocycles. The van der Waals surface area contributed by atoms with Crippen molar-refractivity contribution in [3.05, 3.63) is 24.5 Å². The standard InChI is InChI=1S/C21H30N6O/c22-15-1-6-20-19(11-15)21(24-14-23-20)25-16-2-4-17(5-3-16)27-12-18(13-27)26-7-9-28-10-8-26/h1,6,11,14,16-18H,2-5,7-10,12-13,22H2,(H,23,24,25). The van der Waals surface area contributed by atoms with Gasteiger partial charge in [-0.1, -0.05) is 0 Å². The maximum atomic E-state index is 5.96. The number of morpholine rings is 1. The third kappa shape index (κ3) is 3.66. The smallest absolute Gasteiger partial charge is 0.137 e. The highest BCUT2D eigenvalue weighted by atomic mass is 16.5. The molecule has 0 spiro atoms. The van der Waals surface area contributed by atoms with E-state index >= 15 is 0 Å². The molecule has 2 saturated heterocycles. The number of nitrogens with one attached hydrogen (secondary N) is 1. The lowest BCUT2D eigenvalue weighted by Gasteiger charge is -2.51. The number of fused-ring (bicyclic) bond motifs is 1. The first-order valence-electron chi connectivity index (χ1n) is 10.6. The van der Waals surface area contributed by atoms with Crippen LogP contribution in [0.3, 0.4) is 0 Å². The number of nitrogens with zero attached hydrogens (tertiary/aromatic N) is 4. The first-order chi connectivity index (χ1) is 13.8. The number of hydrogen-bond donors (Lipinski definition) is 2. The van der Waals surface area contributed by atoms with Crippen molar-refractivity contribution in [2.24, 2.45) is 0 Å². The van der Waals surface area contributed by atoms with E-state index < -0.39 is 0 Å². The van der Waals surface area contributed by atoms with E-state index in [2.05, 4.69) is 25.1 Å². The van der Waals surface area contributed by atoms with E-state index in [1.54, 1.807) is 6.33 Å². The van der Waals surface area contributed by atoms with Gasteiger partial charge < -0.3 is 15.8 Å². The van der Waals surface area contributed by atoms with E-state index in [1.165, 1.54) is 38.8 Å². The minimum atomic E-state index is 0.479. The largest absolute Gasteiger partial charge is 0.399 e. The summed E-state index contributed by atoms with van der Waals surface area (Å²) < 4.78 is 5.48. The van der Waals surface area contributed by atoms with Crippen molar-refractivity contribution < 1.29 is 4.74 Å². The molecule has 0 bridgehead atoms. The number of benzene rings is 1. The highest BCUT2D eigenvalue weighted by molar-refractivity contribution is 5.91. The van der Waals surface area contributed by atoms with Crippen LogP contribution in [0.4, 0.5) is 11.5 Å². The summed E-state index contributed by atoms with van der Waals surface area (Å²) in [5, 5.41) is 4.67. The van der Waals surface area contributed by atoms with Gasteiger partial charge in [0.25, 0.3) is 0 Å². The molecule has 5 rings (SSSR count). The van der Waals surface area contributed by atoms with E-state index in [4.69, 9.17) is 10.5 Å². The fraction of sp³-hybridized carbons (Fsp3) is 0.619. The van der Waals surface area contributed by atoms with E-state index in [-0.39, 0.29) is 0 Å². The molecule has 3 aliphatic rings. The van der Waals surface area contributed by atoms with Gasteiger partial charge in [-0.2, -0.15) is 0 Å². The minimum absolute atomic E-state index is 0.479. The van der Waals surface area contributed by atoms with Crippen LogP contribution in [-0.2, 0) is 4.74 Å². The second-order valence-electron chi connectivity index (χ2n) is 8.40. The van der Waals surface area contributed by atoms with Gasteiger partial charge in [0.05, 0.1) is 18.7 Å². The van der Waals surface area contributed by atoms with Gasteiger partial charge in [-0.05, 0) is 43.9 Å². The third-order valence-electron chi connectivity index (χ3n) is 6.67. The first-order valence-corrected chi connectivity index (χ1v) is 10.6. The normalized spacial score (nSPS) is 27.6. The van der Waals surface area contributed by atoms with Gasteiger partial charge in [-0.3, -0.25) is 9.80 Å². The molecule has 150 valence electrons. The van der Waals surface area contributed by atoms with Gasteiger partial charge in [0.2, 0.25) is 0 Å². The molecule has 0 unspecified atom stereocenters.